The number of imidazole rings is 1. The van der Waals surface area contributed by atoms with Gasteiger partial charge in [0.1, 0.15) is 0 Å². The van der Waals surface area contributed by atoms with Crippen molar-refractivity contribution in [3.8, 4) is 22.4 Å². The van der Waals surface area contributed by atoms with Crippen LogP contribution >= 0.6 is 23.1 Å². The number of thiazole rings is 1. The standard InChI is InChI=1S/C21H18N4OS2/c1-25-12-11-22-21(25)28-14-19(26)24-20-23-18(13-27-20)17-9-7-16(8-10-17)15-5-3-2-4-6-15/h2-13H,14H2,1H3,(H,23,24,26). The van der Waals surface area contributed by atoms with Gasteiger partial charge in [0, 0.05) is 30.4 Å². The fourth-order valence-electron chi connectivity index (χ4n) is 2.70. The first-order chi connectivity index (χ1) is 13.7. The van der Waals surface area contributed by atoms with Crippen LogP contribution < -0.4 is 5.32 Å². The van der Waals surface area contributed by atoms with Gasteiger partial charge in [-0.1, -0.05) is 66.4 Å². The predicted octanol–water partition coefficient (Wildman–Crippen LogP) is 4.94. The lowest BCUT2D eigenvalue weighted by molar-refractivity contribution is -0.113. The van der Waals surface area contributed by atoms with Gasteiger partial charge in [-0.25, -0.2) is 9.97 Å². The number of carbonyl (C=O) groups excluding carboxylic acids is 1. The van der Waals surface area contributed by atoms with Crippen LogP contribution in [0.3, 0.4) is 0 Å². The highest BCUT2D eigenvalue weighted by Gasteiger charge is 2.10. The summed E-state index contributed by atoms with van der Waals surface area (Å²) in [6.07, 6.45) is 3.58. The van der Waals surface area contributed by atoms with Gasteiger partial charge in [-0.15, -0.1) is 11.3 Å². The topological polar surface area (TPSA) is 59.8 Å². The molecule has 1 N–H and O–H groups in total. The monoisotopic (exact) mass is 406 g/mol. The Morgan fingerprint density at radius 3 is 2.50 bits per heavy atom. The van der Waals surface area contributed by atoms with Crippen molar-refractivity contribution in [2.24, 2.45) is 7.05 Å². The van der Waals surface area contributed by atoms with Crippen molar-refractivity contribution in [3.63, 3.8) is 0 Å². The smallest absolute Gasteiger partial charge is 0.236 e. The molecule has 1 amide bonds. The summed E-state index contributed by atoms with van der Waals surface area (Å²) in [5, 5.41) is 6.24. The molecule has 0 unspecified atom stereocenters. The van der Waals surface area contributed by atoms with Crippen LogP contribution in [0.25, 0.3) is 22.4 Å². The van der Waals surface area contributed by atoms with Crippen LogP contribution in [0.5, 0.6) is 0 Å². The summed E-state index contributed by atoms with van der Waals surface area (Å²) >= 11 is 2.83. The van der Waals surface area contributed by atoms with Gasteiger partial charge < -0.3 is 9.88 Å². The molecule has 0 saturated carbocycles. The van der Waals surface area contributed by atoms with Crippen molar-refractivity contribution in [2.45, 2.75) is 5.16 Å². The van der Waals surface area contributed by atoms with Gasteiger partial charge in [-0.05, 0) is 11.1 Å². The van der Waals surface area contributed by atoms with Crippen LogP contribution in [0.4, 0.5) is 5.13 Å². The number of nitrogens with one attached hydrogen (secondary N) is 1. The molecule has 0 fully saturated rings. The van der Waals surface area contributed by atoms with Gasteiger partial charge in [0.25, 0.3) is 0 Å². The number of aryl methyl sites for hydroxylation is 1. The van der Waals surface area contributed by atoms with E-state index in [9.17, 15) is 4.79 Å². The van der Waals surface area contributed by atoms with Crippen LogP contribution in [-0.2, 0) is 11.8 Å². The molecule has 0 bridgehead atoms. The molecule has 0 aliphatic rings. The SMILES string of the molecule is Cn1ccnc1SCC(=O)Nc1nc(-c2ccc(-c3ccccc3)cc2)cs1. The summed E-state index contributed by atoms with van der Waals surface area (Å²) in [7, 11) is 1.91. The van der Waals surface area contributed by atoms with E-state index in [1.807, 2.05) is 41.4 Å². The lowest BCUT2D eigenvalue weighted by Gasteiger charge is -2.03. The molecule has 0 aliphatic heterocycles. The Morgan fingerprint density at radius 1 is 1.07 bits per heavy atom. The molecule has 7 heteroatoms. The van der Waals surface area contributed by atoms with Crippen molar-refractivity contribution in [3.05, 3.63) is 72.4 Å². The Bertz CT molecular complexity index is 1070. The maximum Gasteiger partial charge on any atom is 0.236 e. The number of nitrogens with zero attached hydrogens (tertiary/aromatic N) is 3. The molecular weight excluding hydrogens is 388 g/mol. The molecule has 0 spiro atoms. The number of amides is 1. The highest BCUT2D eigenvalue weighted by atomic mass is 32.2. The van der Waals surface area contributed by atoms with Crippen molar-refractivity contribution in [1.82, 2.24) is 14.5 Å². The number of hydrogen-bond acceptors (Lipinski definition) is 5. The van der Waals surface area contributed by atoms with Crippen LogP contribution in [-0.4, -0.2) is 26.2 Å². The maximum atomic E-state index is 12.2. The third-order valence-corrected chi connectivity index (χ3v) is 5.96. The van der Waals surface area contributed by atoms with Crippen molar-refractivity contribution in [2.75, 3.05) is 11.1 Å². The molecule has 0 aliphatic carbocycles. The summed E-state index contributed by atoms with van der Waals surface area (Å²) in [5.41, 5.74) is 4.24. The fourth-order valence-corrected chi connectivity index (χ4v) is 4.17. The summed E-state index contributed by atoms with van der Waals surface area (Å²) in [6.45, 7) is 0. The minimum absolute atomic E-state index is 0.0895. The van der Waals surface area contributed by atoms with E-state index < -0.39 is 0 Å². The Kier molecular flexibility index (Phi) is 5.55. The average Bonchev–Trinajstić information content (AvgIpc) is 3.36. The number of anilines is 1. The van der Waals surface area contributed by atoms with Gasteiger partial charge >= 0.3 is 0 Å². The Labute approximate surface area is 171 Å². The zero-order chi connectivity index (χ0) is 19.3. The van der Waals surface area contributed by atoms with E-state index in [1.165, 1.54) is 34.2 Å². The second-order valence-corrected chi connectivity index (χ2v) is 7.94. The molecule has 140 valence electrons. The van der Waals surface area contributed by atoms with E-state index in [2.05, 4.69) is 51.7 Å². The first-order valence-corrected chi connectivity index (χ1v) is 10.6. The quantitative estimate of drug-likeness (QED) is 0.461. The molecule has 0 radical (unpaired) electrons. The third kappa shape index (κ3) is 4.32. The molecule has 0 saturated heterocycles. The highest BCUT2D eigenvalue weighted by Crippen LogP contribution is 2.28. The fraction of sp³-hybridized carbons (Fsp3) is 0.0952. The number of benzene rings is 2. The van der Waals surface area contributed by atoms with Crippen LogP contribution in [0.15, 0.2) is 77.5 Å². The zero-order valence-corrected chi connectivity index (χ0v) is 16.8. The molecule has 2 aromatic heterocycles. The summed E-state index contributed by atoms with van der Waals surface area (Å²) in [5.74, 6) is 0.208. The summed E-state index contributed by atoms with van der Waals surface area (Å²) in [6, 6.07) is 18.5. The molecule has 4 rings (SSSR count). The Balaban J connectivity index is 1.38. The van der Waals surface area contributed by atoms with Gasteiger partial charge in [-0.2, -0.15) is 0 Å². The lowest BCUT2D eigenvalue weighted by Crippen LogP contribution is -2.14. The zero-order valence-electron chi connectivity index (χ0n) is 15.2. The number of aromatic nitrogens is 3. The molecule has 2 aromatic carbocycles. The minimum Gasteiger partial charge on any atom is -0.329 e. The average molecular weight is 407 g/mol. The van der Waals surface area contributed by atoms with Gasteiger partial charge in [0.05, 0.1) is 11.4 Å². The normalized spacial score (nSPS) is 10.8. The van der Waals surface area contributed by atoms with Crippen LogP contribution in [0.1, 0.15) is 0 Å². The van der Waals surface area contributed by atoms with Crippen molar-refractivity contribution in [1.29, 1.82) is 0 Å². The molecule has 5 nitrogen and oxygen atoms in total. The highest BCUT2D eigenvalue weighted by molar-refractivity contribution is 7.99. The van der Waals surface area contributed by atoms with Gasteiger partial charge in [0.2, 0.25) is 5.91 Å². The van der Waals surface area contributed by atoms with Crippen molar-refractivity contribution < 1.29 is 4.79 Å². The first kappa shape index (κ1) is 18.5. The lowest BCUT2D eigenvalue weighted by atomic mass is 10.0. The number of carbonyl (C=O) groups is 1. The minimum atomic E-state index is -0.0895. The van der Waals surface area contributed by atoms with Gasteiger partial charge in [-0.3, -0.25) is 4.79 Å². The van der Waals surface area contributed by atoms with E-state index >= 15 is 0 Å². The molecular formula is C21H18N4OS2. The Morgan fingerprint density at radius 2 is 1.79 bits per heavy atom. The molecule has 28 heavy (non-hydrogen) atoms. The van der Waals surface area contributed by atoms with E-state index in [0.29, 0.717) is 10.9 Å². The molecule has 4 aromatic rings. The second-order valence-electron chi connectivity index (χ2n) is 6.14. The summed E-state index contributed by atoms with van der Waals surface area (Å²) in [4.78, 5) is 20.9. The largest absolute Gasteiger partial charge is 0.329 e. The van der Waals surface area contributed by atoms with E-state index in [1.54, 1.807) is 6.20 Å². The number of thioether (sulfide) groups is 1. The summed E-state index contributed by atoms with van der Waals surface area (Å²) < 4.78 is 1.89. The van der Waals surface area contributed by atoms with Crippen molar-refractivity contribution >= 4 is 34.1 Å². The maximum absolute atomic E-state index is 12.2. The van der Waals surface area contributed by atoms with Gasteiger partial charge in [0.15, 0.2) is 10.3 Å². The molecule has 2 heterocycles. The predicted molar refractivity (Wildman–Crippen MR) is 116 cm³/mol. The third-order valence-electron chi connectivity index (χ3n) is 4.15. The second kappa shape index (κ2) is 8.41. The number of rotatable bonds is 6. The number of hydrogen-bond donors (Lipinski definition) is 1. The molecule has 0 atom stereocenters. The first-order valence-electron chi connectivity index (χ1n) is 8.70. The van der Waals surface area contributed by atoms with Crippen LogP contribution in [0.2, 0.25) is 0 Å². The van der Waals surface area contributed by atoms with E-state index in [0.717, 1.165) is 16.4 Å². The van der Waals surface area contributed by atoms with Crippen LogP contribution in [0, 0.1) is 0 Å². The van der Waals surface area contributed by atoms with E-state index in [-0.39, 0.29) is 5.91 Å². The Hall–Kier alpha value is -2.90. The van der Waals surface area contributed by atoms with E-state index in [4.69, 9.17) is 0 Å².